The minimum absolute atomic E-state index is 0. The topological polar surface area (TPSA) is 55.4 Å². The van der Waals surface area contributed by atoms with Gasteiger partial charge in [0.15, 0.2) is 5.66 Å². The standard InChI is InChI=1S/C22H20N2OP.BrH/c23-22-21(20(25)16-24-22)26(17-10-4-1-5-11-17,18-12-6-2-7-13-18)19-14-8-3-9-15-19;/h1-15,21H,16H2,(H2,23,24);1H/q+1;/p-1. The molecule has 0 radical (unpaired) electrons. The summed E-state index contributed by atoms with van der Waals surface area (Å²) in [5.74, 6) is 0.562. The Morgan fingerprint density at radius 3 is 1.41 bits per heavy atom. The third kappa shape index (κ3) is 3.24. The van der Waals surface area contributed by atoms with Gasteiger partial charge in [0.25, 0.3) is 0 Å². The Bertz CT molecular complexity index is 849. The summed E-state index contributed by atoms with van der Waals surface area (Å²) in [4.78, 5) is 17.3. The minimum atomic E-state index is -2.32. The smallest absolute Gasteiger partial charge is 0.203 e. The minimum Gasteiger partial charge on any atom is -1.00 e. The van der Waals surface area contributed by atoms with Gasteiger partial charge in [0, 0.05) is 0 Å². The van der Waals surface area contributed by atoms with Gasteiger partial charge in [0.05, 0.1) is 0 Å². The fourth-order valence-corrected chi connectivity index (χ4v) is 8.51. The molecule has 5 heteroatoms. The van der Waals surface area contributed by atoms with E-state index in [0.29, 0.717) is 5.84 Å². The zero-order valence-electron chi connectivity index (χ0n) is 14.7. The lowest BCUT2D eigenvalue weighted by atomic mass is 10.3. The number of carbonyl (C=O) groups excluding carboxylic acids is 1. The van der Waals surface area contributed by atoms with Crippen LogP contribution in [-0.4, -0.2) is 23.8 Å². The Labute approximate surface area is 170 Å². The first-order valence-electron chi connectivity index (χ1n) is 8.62. The molecule has 1 atom stereocenters. The van der Waals surface area contributed by atoms with Crippen molar-refractivity contribution < 1.29 is 21.8 Å². The van der Waals surface area contributed by atoms with Gasteiger partial charge in [-0.15, -0.1) is 0 Å². The summed E-state index contributed by atoms with van der Waals surface area (Å²) < 4.78 is 0. The van der Waals surface area contributed by atoms with E-state index >= 15 is 0 Å². The van der Waals surface area contributed by atoms with Crippen LogP contribution >= 0.6 is 7.26 Å². The fraction of sp³-hybridized carbons (Fsp3) is 0.0909. The van der Waals surface area contributed by atoms with Crippen LogP contribution in [0.2, 0.25) is 0 Å². The number of nitrogens with two attached hydrogens (primary N) is 1. The number of rotatable bonds is 4. The van der Waals surface area contributed by atoms with Crippen molar-refractivity contribution in [2.45, 2.75) is 5.66 Å². The monoisotopic (exact) mass is 438 g/mol. The number of carbonyl (C=O) groups is 1. The number of halogens is 1. The summed E-state index contributed by atoms with van der Waals surface area (Å²) in [6.45, 7) is 0.171. The summed E-state index contributed by atoms with van der Waals surface area (Å²) in [6.07, 6.45) is 0. The highest BCUT2D eigenvalue weighted by Gasteiger charge is 2.58. The second kappa shape index (κ2) is 8.16. The molecule has 0 saturated carbocycles. The number of hydrogen-bond acceptors (Lipinski definition) is 3. The van der Waals surface area contributed by atoms with Crippen LogP contribution in [0.15, 0.2) is 96.0 Å². The normalized spacial score (nSPS) is 16.5. The quantitative estimate of drug-likeness (QED) is 0.547. The molecule has 0 fully saturated rings. The number of aliphatic imine (C=N–C) groups is 1. The zero-order chi connectivity index (χ0) is 18.0. The van der Waals surface area contributed by atoms with Crippen molar-refractivity contribution in [1.29, 1.82) is 0 Å². The molecule has 0 aliphatic carbocycles. The molecule has 1 aliphatic rings. The van der Waals surface area contributed by atoms with E-state index in [9.17, 15) is 4.79 Å². The third-order valence-electron chi connectivity index (χ3n) is 4.88. The molecular weight excluding hydrogens is 419 g/mol. The molecule has 2 N–H and O–H groups in total. The Morgan fingerprint density at radius 2 is 1.11 bits per heavy atom. The van der Waals surface area contributed by atoms with Crippen LogP contribution in [0, 0.1) is 0 Å². The van der Waals surface area contributed by atoms with Crippen LogP contribution in [0.25, 0.3) is 0 Å². The molecule has 1 heterocycles. The lowest BCUT2D eigenvalue weighted by molar-refractivity contribution is -0.115. The van der Waals surface area contributed by atoms with Crippen LogP contribution in [-0.2, 0) is 4.79 Å². The zero-order valence-corrected chi connectivity index (χ0v) is 17.2. The largest absolute Gasteiger partial charge is 1.00 e. The average Bonchev–Trinajstić information content (AvgIpc) is 3.04. The highest BCUT2D eigenvalue weighted by Crippen LogP contribution is 2.60. The van der Waals surface area contributed by atoms with E-state index < -0.39 is 12.9 Å². The molecule has 0 amide bonds. The maximum Gasteiger partial charge on any atom is 0.203 e. The van der Waals surface area contributed by atoms with Crippen molar-refractivity contribution >= 4 is 34.8 Å². The molecule has 136 valence electrons. The van der Waals surface area contributed by atoms with Gasteiger partial charge in [0.2, 0.25) is 5.78 Å². The number of ketones is 1. The number of benzene rings is 3. The summed E-state index contributed by atoms with van der Waals surface area (Å²) in [5.41, 5.74) is 5.92. The van der Waals surface area contributed by atoms with E-state index in [0.717, 1.165) is 15.9 Å². The summed E-state index contributed by atoms with van der Waals surface area (Å²) in [7, 11) is -2.32. The Kier molecular flexibility index (Phi) is 5.88. The van der Waals surface area contributed by atoms with Crippen LogP contribution < -0.4 is 38.6 Å². The highest BCUT2D eigenvalue weighted by molar-refractivity contribution is 7.97. The second-order valence-electron chi connectivity index (χ2n) is 6.34. The summed E-state index contributed by atoms with van der Waals surface area (Å²) >= 11 is 0. The highest BCUT2D eigenvalue weighted by atomic mass is 79.9. The van der Waals surface area contributed by atoms with Gasteiger partial charge in [-0.2, -0.15) is 0 Å². The van der Waals surface area contributed by atoms with Gasteiger partial charge in [0.1, 0.15) is 35.6 Å². The van der Waals surface area contributed by atoms with Crippen molar-refractivity contribution in [1.82, 2.24) is 0 Å². The van der Waals surface area contributed by atoms with E-state index in [-0.39, 0.29) is 29.3 Å². The first kappa shape index (κ1) is 19.5. The van der Waals surface area contributed by atoms with Crippen LogP contribution in [0.3, 0.4) is 0 Å². The lowest BCUT2D eigenvalue weighted by Gasteiger charge is -2.31. The van der Waals surface area contributed by atoms with E-state index in [1.165, 1.54) is 0 Å². The summed E-state index contributed by atoms with van der Waals surface area (Å²) in [5, 5.41) is 3.45. The molecule has 0 spiro atoms. The van der Waals surface area contributed by atoms with Crippen molar-refractivity contribution in [3.63, 3.8) is 0 Å². The maximum absolute atomic E-state index is 13.0. The number of nitrogens with zero attached hydrogens (tertiary/aromatic N) is 1. The van der Waals surface area contributed by atoms with E-state index in [1.807, 2.05) is 54.6 Å². The van der Waals surface area contributed by atoms with Gasteiger partial charge in [-0.25, -0.2) is 0 Å². The molecule has 0 saturated heterocycles. The van der Waals surface area contributed by atoms with Crippen LogP contribution in [0.4, 0.5) is 0 Å². The Hall–Kier alpha value is -2.29. The molecule has 3 aromatic carbocycles. The van der Waals surface area contributed by atoms with E-state index in [1.54, 1.807) is 0 Å². The van der Waals surface area contributed by atoms with Crippen molar-refractivity contribution in [3.8, 4) is 0 Å². The number of Topliss-reactive ketones (excluding diaryl/α,β-unsaturated/α-hetero) is 1. The molecular formula is C22H20BrN2OP. The SMILES string of the molecule is NC1=NCC(=O)C1[P+](c1ccccc1)(c1ccccc1)c1ccccc1.[Br-]. The molecule has 27 heavy (non-hydrogen) atoms. The van der Waals surface area contributed by atoms with Gasteiger partial charge in [-0.1, -0.05) is 54.6 Å². The number of amidine groups is 1. The predicted molar refractivity (Wildman–Crippen MR) is 110 cm³/mol. The first-order chi connectivity index (χ1) is 12.7. The van der Waals surface area contributed by atoms with Crippen LogP contribution in [0.5, 0.6) is 0 Å². The van der Waals surface area contributed by atoms with Gasteiger partial charge >= 0.3 is 0 Å². The third-order valence-corrected chi connectivity index (χ3v) is 9.55. The summed E-state index contributed by atoms with van der Waals surface area (Å²) in [6, 6.07) is 30.9. The lowest BCUT2D eigenvalue weighted by Crippen LogP contribution is -3.00. The van der Waals surface area contributed by atoms with E-state index in [2.05, 4.69) is 41.4 Å². The van der Waals surface area contributed by atoms with Crippen molar-refractivity contribution in [2.75, 3.05) is 6.54 Å². The van der Waals surface area contributed by atoms with Crippen LogP contribution in [0.1, 0.15) is 0 Å². The average molecular weight is 439 g/mol. The molecule has 3 aromatic rings. The van der Waals surface area contributed by atoms with Gasteiger partial charge in [-0.05, 0) is 36.4 Å². The predicted octanol–water partition coefficient (Wildman–Crippen LogP) is -0.707. The molecule has 0 aromatic heterocycles. The molecule has 4 rings (SSSR count). The van der Waals surface area contributed by atoms with Gasteiger partial charge < -0.3 is 22.7 Å². The first-order valence-corrected chi connectivity index (χ1v) is 10.5. The second-order valence-corrected chi connectivity index (χ2v) is 9.85. The molecule has 1 aliphatic heterocycles. The molecule has 0 bridgehead atoms. The Morgan fingerprint density at radius 1 is 0.741 bits per heavy atom. The number of hydrogen-bond donors (Lipinski definition) is 1. The Balaban J connectivity index is 0.00000210. The van der Waals surface area contributed by atoms with E-state index in [4.69, 9.17) is 5.73 Å². The van der Waals surface area contributed by atoms with Gasteiger partial charge in [-0.3, -0.25) is 9.79 Å². The molecule has 3 nitrogen and oxygen atoms in total. The molecule has 1 unspecified atom stereocenters. The van der Waals surface area contributed by atoms with Crippen molar-refractivity contribution in [3.05, 3.63) is 91.0 Å². The maximum atomic E-state index is 13.0. The van der Waals surface area contributed by atoms with Crippen molar-refractivity contribution in [2.24, 2.45) is 10.7 Å². The fourth-order valence-electron chi connectivity index (χ4n) is 3.81.